The lowest BCUT2D eigenvalue weighted by atomic mass is 10.1. The molecule has 118 valence electrons. The standard InChI is InChI=1S/C16H19NO5/c1-20-13-5-3-6-14(21-2)15(13)16(19)17-9-8-11(18)12-7-4-10-22-12/h3-7,10-11,18H,8-9H2,1-2H3,(H,17,19). The number of hydrogen-bond acceptors (Lipinski definition) is 5. The summed E-state index contributed by atoms with van der Waals surface area (Å²) in [5.74, 6) is 1.02. The zero-order valence-electron chi connectivity index (χ0n) is 12.5. The molecule has 0 aliphatic heterocycles. The summed E-state index contributed by atoms with van der Waals surface area (Å²) in [6.45, 7) is 0.294. The van der Waals surface area contributed by atoms with Gasteiger partial charge in [0, 0.05) is 6.54 Å². The minimum atomic E-state index is -0.755. The van der Waals surface area contributed by atoms with E-state index in [1.54, 1.807) is 30.3 Å². The monoisotopic (exact) mass is 305 g/mol. The van der Waals surface area contributed by atoms with E-state index in [-0.39, 0.29) is 5.91 Å². The van der Waals surface area contributed by atoms with Crippen LogP contribution in [0.2, 0.25) is 0 Å². The van der Waals surface area contributed by atoms with Gasteiger partial charge in [-0.3, -0.25) is 4.79 Å². The van der Waals surface area contributed by atoms with Crippen molar-refractivity contribution in [2.24, 2.45) is 0 Å². The maximum absolute atomic E-state index is 12.3. The van der Waals surface area contributed by atoms with Crippen molar-refractivity contribution in [2.75, 3.05) is 20.8 Å². The molecular formula is C16H19NO5. The molecule has 2 aromatic rings. The second-order valence-electron chi connectivity index (χ2n) is 4.61. The maximum Gasteiger partial charge on any atom is 0.258 e. The van der Waals surface area contributed by atoms with Gasteiger partial charge < -0.3 is 24.3 Å². The zero-order chi connectivity index (χ0) is 15.9. The fraction of sp³-hybridized carbons (Fsp3) is 0.312. The van der Waals surface area contributed by atoms with Crippen LogP contribution in [0.5, 0.6) is 11.5 Å². The van der Waals surface area contributed by atoms with Crippen LogP contribution in [0.4, 0.5) is 0 Å². The van der Waals surface area contributed by atoms with Gasteiger partial charge in [0.1, 0.15) is 28.9 Å². The molecular weight excluding hydrogens is 286 g/mol. The number of nitrogens with one attached hydrogen (secondary N) is 1. The fourth-order valence-corrected chi connectivity index (χ4v) is 2.11. The first-order chi connectivity index (χ1) is 10.7. The molecule has 0 bridgehead atoms. The highest BCUT2D eigenvalue weighted by Crippen LogP contribution is 2.28. The molecule has 1 unspecified atom stereocenters. The number of aliphatic hydroxyl groups is 1. The summed E-state index contributed by atoms with van der Waals surface area (Å²) in [6.07, 6.45) is 1.09. The van der Waals surface area contributed by atoms with Crippen LogP contribution in [0.1, 0.15) is 28.6 Å². The van der Waals surface area contributed by atoms with E-state index >= 15 is 0 Å². The average Bonchev–Trinajstić information content (AvgIpc) is 3.08. The molecule has 0 saturated carbocycles. The fourth-order valence-electron chi connectivity index (χ4n) is 2.11. The van der Waals surface area contributed by atoms with Crippen LogP contribution in [-0.4, -0.2) is 31.8 Å². The van der Waals surface area contributed by atoms with Crippen LogP contribution < -0.4 is 14.8 Å². The van der Waals surface area contributed by atoms with Crippen LogP contribution in [0.3, 0.4) is 0 Å². The van der Waals surface area contributed by atoms with Crippen LogP contribution >= 0.6 is 0 Å². The third kappa shape index (κ3) is 3.59. The van der Waals surface area contributed by atoms with Gasteiger partial charge in [0.2, 0.25) is 0 Å². The van der Waals surface area contributed by atoms with Gasteiger partial charge in [-0.05, 0) is 30.7 Å². The van der Waals surface area contributed by atoms with Crippen molar-refractivity contribution in [3.05, 3.63) is 47.9 Å². The van der Waals surface area contributed by atoms with E-state index in [1.807, 2.05) is 0 Å². The quantitative estimate of drug-likeness (QED) is 0.819. The molecule has 0 fully saturated rings. The number of amides is 1. The van der Waals surface area contributed by atoms with Crippen LogP contribution in [0.25, 0.3) is 0 Å². The average molecular weight is 305 g/mol. The Morgan fingerprint density at radius 3 is 2.45 bits per heavy atom. The summed E-state index contributed by atoms with van der Waals surface area (Å²) >= 11 is 0. The molecule has 1 aromatic carbocycles. The number of carbonyl (C=O) groups is 1. The van der Waals surface area contributed by atoms with Gasteiger partial charge in [-0.2, -0.15) is 0 Å². The highest BCUT2D eigenvalue weighted by molar-refractivity contribution is 5.99. The number of ether oxygens (including phenoxy) is 2. The second kappa shape index (κ2) is 7.51. The van der Waals surface area contributed by atoms with E-state index < -0.39 is 6.10 Å². The molecule has 0 radical (unpaired) electrons. The van der Waals surface area contributed by atoms with Crippen LogP contribution in [-0.2, 0) is 0 Å². The molecule has 6 nitrogen and oxygen atoms in total. The largest absolute Gasteiger partial charge is 0.496 e. The van der Waals surface area contributed by atoms with E-state index in [4.69, 9.17) is 13.9 Å². The summed E-state index contributed by atoms with van der Waals surface area (Å²) in [5.41, 5.74) is 0.333. The molecule has 1 amide bonds. The number of hydrogen-bond donors (Lipinski definition) is 2. The summed E-state index contributed by atoms with van der Waals surface area (Å²) in [6, 6.07) is 8.52. The lowest BCUT2D eigenvalue weighted by molar-refractivity contribution is 0.0930. The normalized spacial score (nSPS) is 11.8. The van der Waals surface area contributed by atoms with Crippen LogP contribution in [0, 0.1) is 0 Å². The molecule has 2 N–H and O–H groups in total. The number of benzene rings is 1. The van der Waals surface area contributed by atoms with Crippen LogP contribution in [0.15, 0.2) is 41.0 Å². The summed E-state index contributed by atoms with van der Waals surface area (Å²) in [7, 11) is 2.98. The minimum absolute atomic E-state index is 0.294. The van der Waals surface area contributed by atoms with Crippen molar-refractivity contribution >= 4 is 5.91 Å². The second-order valence-corrected chi connectivity index (χ2v) is 4.61. The van der Waals surface area contributed by atoms with Crippen molar-refractivity contribution in [1.29, 1.82) is 0 Å². The topological polar surface area (TPSA) is 80.9 Å². The molecule has 1 heterocycles. The van der Waals surface area contributed by atoms with Crippen molar-refractivity contribution in [1.82, 2.24) is 5.32 Å². The number of methoxy groups -OCH3 is 2. The van der Waals surface area contributed by atoms with Gasteiger partial charge >= 0.3 is 0 Å². The molecule has 0 aliphatic carbocycles. The highest BCUT2D eigenvalue weighted by Gasteiger charge is 2.18. The van der Waals surface area contributed by atoms with E-state index in [9.17, 15) is 9.90 Å². The van der Waals surface area contributed by atoms with Crippen molar-refractivity contribution in [2.45, 2.75) is 12.5 Å². The van der Waals surface area contributed by atoms with E-state index in [0.717, 1.165) is 0 Å². The molecule has 6 heteroatoms. The molecule has 22 heavy (non-hydrogen) atoms. The van der Waals surface area contributed by atoms with Crippen molar-refractivity contribution in [3.63, 3.8) is 0 Å². The Kier molecular flexibility index (Phi) is 5.43. The Bertz CT molecular complexity index is 587. The molecule has 1 aromatic heterocycles. The highest BCUT2D eigenvalue weighted by atomic mass is 16.5. The predicted octanol–water partition coefficient (Wildman–Crippen LogP) is 2.15. The molecule has 0 spiro atoms. The molecule has 0 aliphatic rings. The van der Waals surface area contributed by atoms with Gasteiger partial charge in [0.15, 0.2) is 0 Å². The zero-order valence-corrected chi connectivity index (χ0v) is 12.5. The minimum Gasteiger partial charge on any atom is -0.496 e. The molecule has 2 rings (SSSR count). The Morgan fingerprint density at radius 1 is 1.23 bits per heavy atom. The third-order valence-electron chi connectivity index (χ3n) is 3.23. The van der Waals surface area contributed by atoms with Crippen molar-refractivity contribution in [3.8, 4) is 11.5 Å². The van der Waals surface area contributed by atoms with E-state index in [0.29, 0.717) is 35.8 Å². The van der Waals surface area contributed by atoms with Gasteiger partial charge in [0.05, 0.1) is 20.5 Å². The number of carbonyl (C=O) groups excluding carboxylic acids is 1. The Hall–Kier alpha value is -2.47. The first-order valence-electron chi connectivity index (χ1n) is 6.88. The van der Waals surface area contributed by atoms with Gasteiger partial charge in [-0.1, -0.05) is 6.07 Å². The van der Waals surface area contributed by atoms with E-state index in [1.165, 1.54) is 20.5 Å². The Morgan fingerprint density at radius 2 is 1.91 bits per heavy atom. The SMILES string of the molecule is COc1cccc(OC)c1C(=O)NCCC(O)c1ccco1. The number of aliphatic hydroxyl groups excluding tert-OH is 1. The summed E-state index contributed by atoms with van der Waals surface area (Å²) < 4.78 is 15.5. The first kappa shape index (κ1) is 15.9. The van der Waals surface area contributed by atoms with Gasteiger partial charge in [0.25, 0.3) is 5.91 Å². The Labute approximate surface area is 128 Å². The van der Waals surface area contributed by atoms with Gasteiger partial charge in [-0.15, -0.1) is 0 Å². The van der Waals surface area contributed by atoms with E-state index in [2.05, 4.69) is 5.32 Å². The maximum atomic E-state index is 12.3. The first-order valence-corrected chi connectivity index (χ1v) is 6.88. The molecule has 0 saturated heterocycles. The lowest BCUT2D eigenvalue weighted by Crippen LogP contribution is -2.26. The summed E-state index contributed by atoms with van der Waals surface area (Å²) in [5, 5.41) is 12.6. The molecule has 1 atom stereocenters. The Balaban J connectivity index is 1.98. The third-order valence-corrected chi connectivity index (χ3v) is 3.23. The number of furan rings is 1. The van der Waals surface area contributed by atoms with Gasteiger partial charge in [-0.25, -0.2) is 0 Å². The summed E-state index contributed by atoms with van der Waals surface area (Å²) in [4.78, 5) is 12.3. The lowest BCUT2D eigenvalue weighted by Gasteiger charge is -2.13. The smallest absolute Gasteiger partial charge is 0.258 e. The number of rotatable bonds is 7. The van der Waals surface area contributed by atoms with Crippen molar-refractivity contribution < 1.29 is 23.8 Å². The predicted molar refractivity (Wildman–Crippen MR) is 80.2 cm³/mol.